The third-order valence-electron chi connectivity index (χ3n) is 2.62. The van der Waals surface area contributed by atoms with Gasteiger partial charge in [-0.2, -0.15) is 10.1 Å². The topological polar surface area (TPSA) is 70.0 Å². The quantitative estimate of drug-likeness (QED) is 0.841. The van der Waals surface area contributed by atoms with Gasteiger partial charge in [-0.3, -0.25) is 4.79 Å². The summed E-state index contributed by atoms with van der Waals surface area (Å²) in [5, 5.41) is 14.0. The molecular formula is C12H12N2O3. The molecule has 2 rings (SSSR count). The molecular weight excluding hydrogens is 220 g/mol. The van der Waals surface area contributed by atoms with Crippen LogP contribution in [0.15, 0.2) is 29.4 Å². The lowest BCUT2D eigenvalue weighted by molar-refractivity contribution is -0.129. The van der Waals surface area contributed by atoms with Crippen LogP contribution in [0.1, 0.15) is 18.4 Å². The number of carboxylic acids is 1. The zero-order valence-electron chi connectivity index (χ0n) is 9.38. The zero-order chi connectivity index (χ0) is 12.4. The second-order valence-corrected chi connectivity index (χ2v) is 3.84. The summed E-state index contributed by atoms with van der Waals surface area (Å²) in [5.74, 6) is -1.25. The Kier molecular flexibility index (Phi) is 2.91. The Labute approximate surface area is 98.4 Å². The number of para-hydroxylation sites is 1. The second kappa shape index (κ2) is 4.37. The molecule has 0 bridgehead atoms. The van der Waals surface area contributed by atoms with E-state index in [-0.39, 0.29) is 24.5 Å². The van der Waals surface area contributed by atoms with Crippen LogP contribution in [0.25, 0.3) is 0 Å². The number of carboxylic acid groups (broad SMARTS) is 1. The Bertz CT molecular complexity index is 508. The van der Waals surface area contributed by atoms with E-state index in [1.807, 2.05) is 19.1 Å². The molecule has 0 aliphatic carbocycles. The highest BCUT2D eigenvalue weighted by Gasteiger charge is 2.25. The van der Waals surface area contributed by atoms with Crippen molar-refractivity contribution in [1.29, 1.82) is 0 Å². The number of hydrogen-bond acceptors (Lipinski definition) is 3. The fourth-order valence-corrected chi connectivity index (χ4v) is 1.70. The van der Waals surface area contributed by atoms with Gasteiger partial charge in [0.2, 0.25) is 5.91 Å². The molecule has 1 amide bonds. The van der Waals surface area contributed by atoms with Crippen molar-refractivity contribution in [2.24, 2.45) is 5.10 Å². The van der Waals surface area contributed by atoms with Crippen molar-refractivity contribution in [3.8, 4) is 0 Å². The van der Waals surface area contributed by atoms with E-state index in [9.17, 15) is 9.59 Å². The second-order valence-electron chi connectivity index (χ2n) is 3.84. The van der Waals surface area contributed by atoms with Gasteiger partial charge < -0.3 is 5.11 Å². The van der Waals surface area contributed by atoms with Gasteiger partial charge in [0.25, 0.3) is 0 Å². The minimum absolute atomic E-state index is 0.0212. The summed E-state index contributed by atoms with van der Waals surface area (Å²) in [5.41, 5.74) is 1.54. The van der Waals surface area contributed by atoms with E-state index in [0.29, 0.717) is 5.69 Å². The molecule has 0 atom stereocenters. The van der Waals surface area contributed by atoms with E-state index in [1.54, 1.807) is 12.1 Å². The van der Waals surface area contributed by atoms with Gasteiger partial charge in [0.05, 0.1) is 5.69 Å². The molecule has 1 aliphatic heterocycles. The first-order chi connectivity index (χ1) is 8.09. The van der Waals surface area contributed by atoms with Crippen LogP contribution in [0.2, 0.25) is 0 Å². The summed E-state index contributed by atoms with van der Waals surface area (Å²) in [6.07, 6.45) is 0.371. The van der Waals surface area contributed by atoms with Crippen molar-refractivity contribution in [3.63, 3.8) is 0 Å². The van der Waals surface area contributed by atoms with Gasteiger partial charge in [0, 0.05) is 12.8 Å². The Morgan fingerprint density at radius 1 is 1.35 bits per heavy atom. The van der Waals surface area contributed by atoms with E-state index in [2.05, 4.69) is 5.10 Å². The zero-order valence-corrected chi connectivity index (χ0v) is 9.38. The summed E-state index contributed by atoms with van der Waals surface area (Å²) in [6, 6.07) is 7.25. The van der Waals surface area contributed by atoms with Crippen LogP contribution in [0.4, 0.5) is 5.69 Å². The molecule has 0 radical (unpaired) electrons. The molecule has 0 unspecified atom stereocenters. The molecule has 0 saturated heterocycles. The van der Waals surface area contributed by atoms with Gasteiger partial charge in [-0.05, 0) is 18.6 Å². The number of hydrazone groups is 1. The number of carbonyl (C=O) groups excluding carboxylic acids is 1. The first-order valence-corrected chi connectivity index (χ1v) is 5.29. The predicted octanol–water partition coefficient (Wildman–Crippen LogP) is 1.56. The van der Waals surface area contributed by atoms with Gasteiger partial charge in [0.1, 0.15) is 5.71 Å². The maximum absolute atomic E-state index is 11.7. The lowest BCUT2D eigenvalue weighted by atomic mass is 10.1. The van der Waals surface area contributed by atoms with Crippen LogP contribution >= 0.6 is 0 Å². The minimum Gasteiger partial charge on any atom is -0.477 e. The Morgan fingerprint density at radius 3 is 2.71 bits per heavy atom. The van der Waals surface area contributed by atoms with Crippen molar-refractivity contribution >= 4 is 23.3 Å². The van der Waals surface area contributed by atoms with Gasteiger partial charge in [0.15, 0.2) is 0 Å². The van der Waals surface area contributed by atoms with E-state index in [4.69, 9.17) is 5.11 Å². The number of aryl methyl sites for hydroxylation is 1. The van der Waals surface area contributed by atoms with Crippen molar-refractivity contribution in [2.45, 2.75) is 19.8 Å². The molecule has 1 aromatic rings. The number of nitrogens with zero attached hydrogens (tertiary/aromatic N) is 2. The number of amides is 1. The third kappa shape index (κ3) is 2.18. The molecule has 1 aromatic carbocycles. The molecule has 5 heteroatoms. The maximum Gasteiger partial charge on any atom is 0.352 e. The summed E-state index contributed by atoms with van der Waals surface area (Å²) < 4.78 is 0. The fourth-order valence-electron chi connectivity index (χ4n) is 1.70. The molecule has 5 nitrogen and oxygen atoms in total. The number of rotatable bonds is 2. The number of carbonyl (C=O) groups is 2. The summed E-state index contributed by atoms with van der Waals surface area (Å²) in [4.78, 5) is 22.6. The lowest BCUT2D eigenvalue weighted by Gasteiger charge is -2.23. The van der Waals surface area contributed by atoms with E-state index in [0.717, 1.165) is 5.56 Å². The SMILES string of the molecule is Cc1ccccc1N1N=C(C(=O)O)CCC1=O. The standard InChI is InChI=1S/C12H12N2O3/c1-8-4-2-3-5-10(8)14-11(15)7-6-9(13-14)12(16)17/h2-5H,6-7H2,1H3,(H,16,17). The number of aliphatic carboxylic acids is 1. The predicted molar refractivity (Wildman–Crippen MR) is 63.0 cm³/mol. The maximum atomic E-state index is 11.7. The van der Waals surface area contributed by atoms with Crippen LogP contribution in [0.5, 0.6) is 0 Å². The molecule has 88 valence electrons. The Morgan fingerprint density at radius 2 is 2.06 bits per heavy atom. The van der Waals surface area contributed by atoms with Crippen molar-refractivity contribution in [3.05, 3.63) is 29.8 Å². The average Bonchev–Trinajstić information content (AvgIpc) is 2.30. The highest BCUT2D eigenvalue weighted by molar-refractivity contribution is 6.37. The van der Waals surface area contributed by atoms with Crippen molar-refractivity contribution in [2.75, 3.05) is 5.01 Å². The summed E-state index contributed by atoms with van der Waals surface area (Å²) >= 11 is 0. The van der Waals surface area contributed by atoms with Crippen LogP contribution < -0.4 is 5.01 Å². The van der Waals surface area contributed by atoms with Crippen molar-refractivity contribution in [1.82, 2.24) is 0 Å². The van der Waals surface area contributed by atoms with E-state index < -0.39 is 5.97 Å². The number of hydrogen-bond donors (Lipinski definition) is 1. The molecule has 17 heavy (non-hydrogen) atoms. The third-order valence-corrected chi connectivity index (χ3v) is 2.62. The molecule has 0 fully saturated rings. The van der Waals surface area contributed by atoms with Gasteiger partial charge in [-0.15, -0.1) is 0 Å². The van der Waals surface area contributed by atoms with Gasteiger partial charge in [-0.25, -0.2) is 4.79 Å². The molecule has 1 heterocycles. The molecule has 1 aliphatic rings. The average molecular weight is 232 g/mol. The van der Waals surface area contributed by atoms with Crippen molar-refractivity contribution < 1.29 is 14.7 Å². The van der Waals surface area contributed by atoms with Crippen LogP contribution in [-0.4, -0.2) is 22.7 Å². The highest BCUT2D eigenvalue weighted by atomic mass is 16.4. The van der Waals surface area contributed by atoms with Gasteiger partial charge in [-0.1, -0.05) is 18.2 Å². The number of benzene rings is 1. The number of anilines is 1. The van der Waals surface area contributed by atoms with E-state index in [1.165, 1.54) is 5.01 Å². The summed E-state index contributed by atoms with van der Waals surface area (Å²) in [7, 11) is 0. The highest BCUT2D eigenvalue weighted by Crippen LogP contribution is 2.23. The first kappa shape index (κ1) is 11.3. The lowest BCUT2D eigenvalue weighted by Crippen LogP contribution is -2.34. The fraction of sp³-hybridized carbons (Fsp3) is 0.250. The molecule has 1 N–H and O–H groups in total. The Balaban J connectivity index is 2.43. The summed E-state index contributed by atoms with van der Waals surface area (Å²) in [6.45, 7) is 1.85. The normalized spacial score (nSPS) is 15.7. The smallest absolute Gasteiger partial charge is 0.352 e. The van der Waals surface area contributed by atoms with Crippen LogP contribution in [0, 0.1) is 6.92 Å². The molecule has 0 saturated carbocycles. The molecule has 0 spiro atoms. The Hall–Kier alpha value is -2.17. The monoisotopic (exact) mass is 232 g/mol. The minimum atomic E-state index is -1.07. The van der Waals surface area contributed by atoms with Crippen LogP contribution in [-0.2, 0) is 9.59 Å². The van der Waals surface area contributed by atoms with Gasteiger partial charge >= 0.3 is 5.97 Å². The van der Waals surface area contributed by atoms with Crippen LogP contribution in [0.3, 0.4) is 0 Å². The largest absolute Gasteiger partial charge is 0.477 e. The first-order valence-electron chi connectivity index (χ1n) is 5.29. The molecule has 0 aromatic heterocycles. The van der Waals surface area contributed by atoms with E-state index >= 15 is 0 Å².